The summed E-state index contributed by atoms with van der Waals surface area (Å²) >= 11 is 6.32. The van der Waals surface area contributed by atoms with Crippen molar-refractivity contribution in [3.8, 4) is 16.9 Å². The van der Waals surface area contributed by atoms with Crippen LogP contribution in [0.25, 0.3) is 28.0 Å². The van der Waals surface area contributed by atoms with E-state index in [2.05, 4.69) is 21.5 Å². The Labute approximate surface area is 247 Å². The zero-order chi connectivity index (χ0) is 30.5. The average molecular weight is 593 g/mol. The first-order valence-electron chi connectivity index (χ1n) is 13.7. The summed E-state index contributed by atoms with van der Waals surface area (Å²) < 4.78 is 32.3. The highest BCUT2D eigenvalue weighted by Gasteiger charge is 2.34. The lowest BCUT2D eigenvalue weighted by atomic mass is 10.0. The molecule has 4 heterocycles. The van der Waals surface area contributed by atoms with Crippen LogP contribution in [0.3, 0.4) is 0 Å². The van der Waals surface area contributed by atoms with Gasteiger partial charge in [0.25, 0.3) is 0 Å². The van der Waals surface area contributed by atoms with Gasteiger partial charge in [-0.15, -0.1) is 0 Å². The van der Waals surface area contributed by atoms with Gasteiger partial charge in [-0.3, -0.25) is 9.78 Å². The number of fused-ring (bicyclic) bond motifs is 1. The lowest BCUT2D eigenvalue weighted by Crippen LogP contribution is -2.58. The molecule has 1 aliphatic rings. The maximum absolute atomic E-state index is 15.9. The van der Waals surface area contributed by atoms with Gasteiger partial charge in [0.15, 0.2) is 11.5 Å². The van der Waals surface area contributed by atoms with E-state index in [-0.39, 0.29) is 57.0 Å². The third-order valence-corrected chi connectivity index (χ3v) is 7.96. The molecule has 0 bridgehead atoms. The minimum Gasteiger partial charge on any atom is -0.349 e. The molecule has 3 aromatic heterocycles. The molecule has 42 heavy (non-hydrogen) atoms. The van der Waals surface area contributed by atoms with E-state index in [1.165, 1.54) is 34.9 Å². The Hall–Kier alpha value is -4.18. The summed E-state index contributed by atoms with van der Waals surface area (Å²) in [4.78, 5) is 43.6. The van der Waals surface area contributed by atoms with Crippen LogP contribution in [0.4, 0.5) is 14.6 Å². The smallest absolute Gasteiger partial charge is 0.349 e. The van der Waals surface area contributed by atoms with E-state index in [1.807, 2.05) is 39.5 Å². The Morgan fingerprint density at radius 2 is 1.86 bits per heavy atom. The van der Waals surface area contributed by atoms with Crippen LogP contribution in [0.2, 0.25) is 5.02 Å². The van der Waals surface area contributed by atoms with Gasteiger partial charge in [-0.25, -0.2) is 23.1 Å². The molecule has 0 aliphatic carbocycles. The third kappa shape index (κ3) is 4.93. The topological polar surface area (TPSA) is 84.2 Å². The number of carbonyl (C=O) groups is 1. The minimum atomic E-state index is -0.823. The molecule has 8 nitrogen and oxygen atoms in total. The largest absolute Gasteiger partial charge is 0.355 e. The van der Waals surface area contributed by atoms with E-state index >= 15 is 8.78 Å². The van der Waals surface area contributed by atoms with Crippen LogP contribution >= 0.6 is 11.6 Å². The number of halogens is 3. The van der Waals surface area contributed by atoms with Crippen LogP contribution < -0.4 is 10.6 Å². The van der Waals surface area contributed by atoms with Crippen molar-refractivity contribution in [1.82, 2.24) is 24.4 Å². The lowest BCUT2D eigenvalue weighted by molar-refractivity contribution is -0.128. The first kappa shape index (κ1) is 29.3. The van der Waals surface area contributed by atoms with Crippen molar-refractivity contribution in [1.29, 1.82) is 0 Å². The van der Waals surface area contributed by atoms with Crippen molar-refractivity contribution >= 4 is 34.4 Å². The summed E-state index contributed by atoms with van der Waals surface area (Å²) in [6.07, 6.45) is 2.93. The van der Waals surface area contributed by atoms with E-state index in [0.717, 1.165) is 5.56 Å². The van der Waals surface area contributed by atoms with Gasteiger partial charge in [-0.2, -0.15) is 4.98 Å². The van der Waals surface area contributed by atoms with E-state index < -0.39 is 17.3 Å². The van der Waals surface area contributed by atoms with Crippen molar-refractivity contribution in [3.05, 3.63) is 87.6 Å². The molecular formula is C31H31ClF2N6O2. The van der Waals surface area contributed by atoms with E-state index in [4.69, 9.17) is 11.6 Å². The van der Waals surface area contributed by atoms with Crippen molar-refractivity contribution in [2.45, 2.75) is 52.6 Å². The SMILES string of the molecule is C=CC(=O)N1CC(C)N(c2nc(=O)n(-c3c(C)ccnc3C(C)C)c3nc(-c4c(F)cccc4Cl)c(F)cc23)CC1C. The Morgan fingerprint density at radius 3 is 2.52 bits per heavy atom. The van der Waals surface area contributed by atoms with Crippen LogP contribution in [0.1, 0.15) is 44.9 Å². The van der Waals surface area contributed by atoms with Crippen LogP contribution in [0.5, 0.6) is 0 Å². The summed E-state index contributed by atoms with van der Waals surface area (Å²) in [5.74, 6) is -1.62. The highest BCUT2D eigenvalue weighted by atomic mass is 35.5. The summed E-state index contributed by atoms with van der Waals surface area (Å²) in [7, 11) is 0. The first-order valence-corrected chi connectivity index (χ1v) is 14.1. The Bertz CT molecular complexity index is 1770. The van der Waals surface area contributed by atoms with Crippen molar-refractivity contribution < 1.29 is 13.6 Å². The van der Waals surface area contributed by atoms with E-state index in [0.29, 0.717) is 24.5 Å². The van der Waals surface area contributed by atoms with Gasteiger partial charge in [-0.05, 0) is 62.6 Å². The lowest BCUT2D eigenvalue weighted by Gasteiger charge is -2.44. The van der Waals surface area contributed by atoms with Crippen molar-refractivity contribution in [3.63, 3.8) is 0 Å². The standard InChI is InChI=1S/C31H31ClF2N6O2/c1-7-24(41)38-14-19(6)39(15-18(38)5)29-20-13-23(34)27(25-21(32)9-8-10-22(25)33)36-30(20)40(31(42)37-29)28-17(4)11-12-35-26(28)16(2)3/h7-13,16,18-19H,1,14-15H2,2-6H3. The number of hydrogen-bond donors (Lipinski definition) is 0. The number of piperazine rings is 1. The average Bonchev–Trinajstić information content (AvgIpc) is 2.94. The monoisotopic (exact) mass is 592 g/mol. The predicted octanol–water partition coefficient (Wildman–Crippen LogP) is 5.82. The number of pyridine rings is 2. The van der Waals surface area contributed by atoms with Gasteiger partial charge in [0.2, 0.25) is 5.91 Å². The number of aryl methyl sites for hydroxylation is 1. The van der Waals surface area contributed by atoms with Gasteiger partial charge in [0.1, 0.15) is 17.3 Å². The second-order valence-electron chi connectivity index (χ2n) is 10.9. The van der Waals surface area contributed by atoms with Gasteiger partial charge in [-0.1, -0.05) is 38.1 Å². The van der Waals surface area contributed by atoms with Crippen LogP contribution in [-0.4, -0.2) is 55.5 Å². The molecule has 1 amide bonds. The molecule has 0 saturated carbocycles. The fourth-order valence-corrected chi connectivity index (χ4v) is 5.81. The molecule has 2 atom stereocenters. The highest BCUT2D eigenvalue weighted by Crippen LogP contribution is 2.36. The molecule has 1 saturated heterocycles. The number of hydrogen-bond acceptors (Lipinski definition) is 6. The number of nitrogens with zero attached hydrogens (tertiary/aromatic N) is 6. The molecular weight excluding hydrogens is 562 g/mol. The zero-order valence-corrected chi connectivity index (χ0v) is 24.8. The Morgan fingerprint density at radius 1 is 1.12 bits per heavy atom. The Kier molecular flexibility index (Phi) is 7.85. The molecule has 5 rings (SSSR count). The molecule has 4 aromatic rings. The number of benzene rings is 1. The summed E-state index contributed by atoms with van der Waals surface area (Å²) in [5, 5.41) is 0.235. The zero-order valence-electron chi connectivity index (χ0n) is 24.0. The molecule has 1 fully saturated rings. The van der Waals surface area contributed by atoms with Crippen molar-refractivity contribution in [2.24, 2.45) is 0 Å². The van der Waals surface area contributed by atoms with Crippen LogP contribution in [0.15, 0.2) is 54.0 Å². The maximum Gasteiger partial charge on any atom is 0.355 e. The van der Waals surface area contributed by atoms with Crippen molar-refractivity contribution in [2.75, 3.05) is 18.0 Å². The van der Waals surface area contributed by atoms with Crippen LogP contribution in [0, 0.1) is 18.6 Å². The number of anilines is 1. The molecule has 0 spiro atoms. The second kappa shape index (κ2) is 11.2. The molecule has 1 aliphatic heterocycles. The summed E-state index contributed by atoms with van der Waals surface area (Å²) in [5.41, 5.74) is 0.750. The van der Waals surface area contributed by atoms with Gasteiger partial charge < -0.3 is 9.80 Å². The molecule has 1 aromatic carbocycles. The fraction of sp³-hybridized carbons (Fsp3) is 0.323. The first-order chi connectivity index (χ1) is 19.9. The summed E-state index contributed by atoms with van der Waals surface area (Å²) in [6.45, 7) is 13.8. The summed E-state index contributed by atoms with van der Waals surface area (Å²) in [6, 6.07) is 6.52. The van der Waals surface area contributed by atoms with Crippen LogP contribution in [-0.2, 0) is 4.79 Å². The molecule has 2 unspecified atom stereocenters. The molecule has 0 N–H and O–H groups in total. The van der Waals surface area contributed by atoms with Gasteiger partial charge in [0.05, 0.1) is 27.4 Å². The third-order valence-electron chi connectivity index (χ3n) is 7.64. The predicted molar refractivity (Wildman–Crippen MR) is 160 cm³/mol. The highest BCUT2D eigenvalue weighted by molar-refractivity contribution is 6.33. The van der Waals surface area contributed by atoms with E-state index in [9.17, 15) is 9.59 Å². The molecule has 0 radical (unpaired) electrons. The molecule has 11 heteroatoms. The van der Waals surface area contributed by atoms with E-state index in [1.54, 1.807) is 17.2 Å². The number of amides is 1. The normalized spacial score (nSPS) is 17.3. The quantitative estimate of drug-likeness (QED) is 0.272. The maximum atomic E-state index is 15.9. The second-order valence-corrected chi connectivity index (χ2v) is 11.3. The number of carbonyl (C=O) groups excluding carboxylic acids is 1. The fourth-order valence-electron chi connectivity index (χ4n) is 5.56. The van der Waals surface area contributed by atoms with Gasteiger partial charge in [0, 0.05) is 31.4 Å². The van der Waals surface area contributed by atoms with Gasteiger partial charge >= 0.3 is 5.69 Å². The molecule has 218 valence electrons. The number of aromatic nitrogens is 4. The Balaban J connectivity index is 1.85. The number of rotatable bonds is 5. The minimum absolute atomic E-state index is 0.0187.